The summed E-state index contributed by atoms with van der Waals surface area (Å²) in [5, 5.41) is 3.19. The van der Waals surface area contributed by atoms with Gasteiger partial charge in [-0.05, 0) is 39.4 Å². The Morgan fingerprint density at radius 3 is 2.72 bits per heavy atom. The van der Waals surface area contributed by atoms with E-state index in [-0.39, 0.29) is 0 Å². The molecule has 0 bridgehead atoms. The number of ether oxygens (including phenoxy) is 1. The molecule has 0 saturated carbocycles. The average Bonchev–Trinajstić information content (AvgIpc) is 2.31. The molecule has 18 heavy (non-hydrogen) atoms. The normalized spacial score (nSPS) is 11.2. The predicted octanol–water partition coefficient (Wildman–Crippen LogP) is 2.37. The standard InChI is InChI=1S/C14H25N3O/c1-5-15-14-7-6-13(10-16-14)11-17(4)8-9-18-12(2)3/h6-7,10,12H,5,8-9,11H2,1-4H3,(H,15,16). The number of nitrogens with one attached hydrogen (secondary N) is 1. The summed E-state index contributed by atoms with van der Waals surface area (Å²) in [6.45, 7) is 9.70. The van der Waals surface area contributed by atoms with Crippen LogP contribution in [0.4, 0.5) is 5.82 Å². The van der Waals surface area contributed by atoms with E-state index in [4.69, 9.17) is 4.74 Å². The molecule has 1 rings (SSSR count). The van der Waals surface area contributed by atoms with Gasteiger partial charge in [0.25, 0.3) is 0 Å². The van der Waals surface area contributed by atoms with Crippen molar-refractivity contribution in [3.8, 4) is 0 Å². The van der Waals surface area contributed by atoms with Crippen molar-refractivity contribution in [3.63, 3.8) is 0 Å². The number of aromatic nitrogens is 1. The van der Waals surface area contributed by atoms with Gasteiger partial charge in [-0.3, -0.25) is 4.90 Å². The molecule has 0 aliphatic heterocycles. The maximum Gasteiger partial charge on any atom is 0.125 e. The van der Waals surface area contributed by atoms with Crippen molar-refractivity contribution in [3.05, 3.63) is 23.9 Å². The van der Waals surface area contributed by atoms with E-state index in [1.165, 1.54) is 5.56 Å². The third-order valence-corrected chi connectivity index (χ3v) is 2.56. The molecule has 102 valence electrons. The lowest BCUT2D eigenvalue weighted by molar-refractivity contribution is 0.0627. The van der Waals surface area contributed by atoms with Gasteiger partial charge in [-0.15, -0.1) is 0 Å². The molecule has 0 spiro atoms. The largest absolute Gasteiger partial charge is 0.377 e. The third kappa shape index (κ3) is 5.98. The Balaban J connectivity index is 2.32. The van der Waals surface area contributed by atoms with E-state index in [0.29, 0.717) is 6.10 Å². The summed E-state index contributed by atoms with van der Waals surface area (Å²) in [7, 11) is 2.10. The number of hydrogen-bond acceptors (Lipinski definition) is 4. The molecule has 0 radical (unpaired) electrons. The van der Waals surface area contributed by atoms with Crippen LogP contribution in [0.5, 0.6) is 0 Å². The van der Waals surface area contributed by atoms with Gasteiger partial charge in [-0.25, -0.2) is 4.98 Å². The monoisotopic (exact) mass is 251 g/mol. The summed E-state index contributed by atoms with van der Waals surface area (Å²) in [6, 6.07) is 4.14. The van der Waals surface area contributed by atoms with Gasteiger partial charge in [-0.2, -0.15) is 0 Å². The van der Waals surface area contributed by atoms with Crippen molar-refractivity contribution in [2.24, 2.45) is 0 Å². The first-order valence-electron chi connectivity index (χ1n) is 6.60. The minimum absolute atomic E-state index is 0.305. The molecule has 4 nitrogen and oxygen atoms in total. The highest BCUT2D eigenvalue weighted by Crippen LogP contribution is 2.06. The van der Waals surface area contributed by atoms with Crippen molar-refractivity contribution < 1.29 is 4.74 Å². The number of nitrogens with zero attached hydrogens (tertiary/aromatic N) is 2. The van der Waals surface area contributed by atoms with Crippen LogP contribution in [-0.4, -0.2) is 42.7 Å². The van der Waals surface area contributed by atoms with E-state index in [2.05, 4.69) is 49.1 Å². The van der Waals surface area contributed by atoms with Gasteiger partial charge in [0, 0.05) is 25.8 Å². The Kier molecular flexibility index (Phi) is 6.68. The van der Waals surface area contributed by atoms with Crippen molar-refractivity contribution in [2.45, 2.75) is 33.4 Å². The highest BCUT2D eigenvalue weighted by molar-refractivity contribution is 5.35. The van der Waals surface area contributed by atoms with Crippen LogP contribution in [0.1, 0.15) is 26.3 Å². The molecule has 0 saturated heterocycles. The number of rotatable bonds is 8. The number of anilines is 1. The Morgan fingerprint density at radius 1 is 1.39 bits per heavy atom. The zero-order valence-corrected chi connectivity index (χ0v) is 11.9. The SMILES string of the molecule is CCNc1ccc(CN(C)CCOC(C)C)cn1. The molecule has 1 aromatic heterocycles. The number of likely N-dealkylation sites (N-methyl/N-ethyl adjacent to an activating group) is 1. The van der Waals surface area contributed by atoms with Crippen LogP contribution >= 0.6 is 0 Å². The van der Waals surface area contributed by atoms with E-state index in [0.717, 1.165) is 32.1 Å². The molecule has 0 unspecified atom stereocenters. The van der Waals surface area contributed by atoms with Crippen LogP contribution in [0.3, 0.4) is 0 Å². The van der Waals surface area contributed by atoms with Gasteiger partial charge in [0.15, 0.2) is 0 Å². The van der Waals surface area contributed by atoms with Crippen molar-refractivity contribution >= 4 is 5.82 Å². The second-order valence-corrected chi connectivity index (χ2v) is 4.74. The summed E-state index contributed by atoms with van der Waals surface area (Å²) in [6.07, 6.45) is 2.23. The molecule has 0 aromatic carbocycles. The highest BCUT2D eigenvalue weighted by Gasteiger charge is 2.02. The van der Waals surface area contributed by atoms with Crippen LogP contribution in [0.25, 0.3) is 0 Å². The molecule has 1 N–H and O–H groups in total. The number of pyridine rings is 1. The molecule has 1 aromatic rings. The van der Waals surface area contributed by atoms with Gasteiger partial charge in [-0.1, -0.05) is 6.07 Å². The summed E-state index contributed by atoms with van der Waals surface area (Å²) in [4.78, 5) is 6.60. The minimum Gasteiger partial charge on any atom is -0.377 e. The fourth-order valence-corrected chi connectivity index (χ4v) is 1.64. The molecular formula is C14H25N3O. The van der Waals surface area contributed by atoms with Crippen LogP contribution in [0, 0.1) is 0 Å². The second-order valence-electron chi connectivity index (χ2n) is 4.74. The maximum absolute atomic E-state index is 5.53. The van der Waals surface area contributed by atoms with E-state index in [1.807, 2.05) is 12.3 Å². The first-order valence-corrected chi connectivity index (χ1v) is 6.60. The van der Waals surface area contributed by atoms with Gasteiger partial charge in [0.1, 0.15) is 5.82 Å². The Hall–Kier alpha value is -1.13. The lowest BCUT2D eigenvalue weighted by Crippen LogP contribution is -2.24. The van der Waals surface area contributed by atoms with Gasteiger partial charge in [0.2, 0.25) is 0 Å². The van der Waals surface area contributed by atoms with Gasteiger partial charge in [0.05, 0.1) is 12.7 Å². The van der Waals surface area contributed by atoms with E-state index >= 15 is 0 Å². The maximum atomic E-state index is 5.53. The molecule has 4 heteroatoms. The fraction of sp³-hybridized carbons (Fsp3) is 0.643. The first-order chi connectivity index (χ1) is 8.61. The fourth-order valence-electron chi connectivity index (χ4n) is 1.64. The zero-order valence-electron chi connectivity index (χ0n) is 11.9. The summed E-state index contributed by atoms with van der Waals surface area (Å²) >= 11 is 0. The number of hydrogen-bond donors (Lipinski definition) is 1. The first kappa shape index (κ1) is 14.9. The minimum atomic E-state index is 0.305. The summed E-state index contributed by atoms with van der Waals surface area (Å²) in [5.41, 5.74) is 1.23. The van der Waals surface area contributed by atoms with E-state index in [1.54, 1.807) is 0 Å². The predicted molar refractivity (Wildman–Crippen MR) is 75.8 cm³/mol. The van der Waals surface area contributed by atoms with E-state index < -0.39 is 0 Å². The lowest BCUT2D eigenvalue weighted by atomic mass is 10.2. The molecule has 0 aliphatic rings. The Labute approximate surface area is 110 Å². The molecule has 0 aliphatic carbocycles. The Bertz CT molecular complexity index is 324. The highest BCUT2D eigenvalue weighted by atomic mass is 16.5. The lowest BCUT2D eigenvalue weighted by Gasteiger charge is -2.17. The van der Waals surface area contributed by atoms with E-state index in [9.17, 15) is 0 Å². The molecule has 0 atom stereocenters. The zero-order chi connectivity index (χ0) is 13.4. The molecule has 0 fully saturated rings. The summed E-state index contributed by atoms with van der Waals surface area (Å²) < 4.78 is 5.53. The molecule has 1 heterocycles. The third-order valence-electron chi connectivity index (χ3n) is 2.56. The van der Waals surface area contributed by atoms with Crippen LogP contribution in [-0.2, 0) is 11.3 Å². The van der Waals surface area contributed by atoms with Gasteiger partial charge >= 0.3 is 0 Å². The second kappa shape index (κ2) is 8.06. The summed E-state index contributed by atoms with van der Waals surface area (Å²) in [5.74, 6) is 0.937. The van der Waals surface area contributed by atoms with Crippen LogP contribution < -0.4 is 5.32 Å². The van der Waals surface area contributed by atoms with Crippen molar-refractivity contribution in [2.75, 3.05) is 32.1 Å². The average molecular weight is 251 g/mol. The quantitative estimate of drug-likeness (QED) is 0.769. The van der Waals surface area contributed by atoms with Crippen LogP contribution in [0.2, 0.25) is 0 Å². The van der Waals surface area contributed by atoms with Gasteiger partial charge < -0.3 is 10.1 Å². The molecule has 0 amide bonds. The molecular weight excluding hydrogens is 226 g/mol. The van der Waals surface area contributed by atoms with Crippen molar-refractivity contribution in [1.82, 2.24) is 9.88 Å². The Morgan fingerprint density at radius 2 is 2.17 bits per heavy atom. The topological polar surface area (TPSA) is 37.4 Å². The van der Waals surface area contributed by atoms with Crippen molar-refractivity contribution in [1.29, 1.82) is 0 Å². The smallest absolute Gasteiger partial charge is 0.125 e. The van der Waals surface area contributed by atoms with Crippen LogP contribution in [0.15, 0.2) is 18.3 Å².